The summed E-state index contributed by atoms with van der Waals surface area (Å²) < 4.78 is 5.40. The number of carbonyl (C=O) groups is 1. The van der Waals surface area contributed by atoms with E-state index in [0.717, 1.165) is 51.0 Å². The molecule has 1 amide bonds. The third kappa shape index (κ3) is 4.49. The average molecular weight is 424 g/mol. The first-order valence-electron chi connectivity index (χ1n) is 9.55. The molecule has 150 valence electrons. The quantitative estimate of drug-likeness (QED) is 0.769. The minimum Gasteiger partial charge on any atom is -0.381 e. The smallest absolute Gasteiger partial charge is 0.241 e. The Morgan fingerprint density at radius 1 is 1.14 bits per heavy atom. The molecule has 0 aliphatic carbocycles. The molecule has 2 fully saturated rings. The number of likely N-dealkylation sites (tertiary alicyclic amines) is 1. The van der Waals surface area contributed by atoms with Gasteiger partial charge < -0.3 is 20.3 Å². The van der Waals surface area contributed by atoms with Crippen molar-refractivity contribution < 1.29 is 9.53 Å². The number of ether oxygens (including phenoxy) is 1. The number of halogens is 2. The molecule has 3 heterocycles. The van der Waals surface area contributed by atoms with Crippen LogP contribution in [0.5, 0.6) is 0 Å². The highest BCUT2D eigenvalue weighted by molar-refractivity contribution is 6.42. The molecule has 0 radical (unpaired) electrons. The molecule has 28 heavy (non-hydrogen) atoms. The largest absolute Gasteiger partial charge is 0.381 e. The molecule has 1 atom stereocenters. The lowest BCUT2D eigenvalue weighted by Gasteiger charge is -2.26. The molecule has 2 aromatic rings. The minimum atomic E-state index is 0.0584. The highest BCUT2D eigenvalue weighted by Gasteiger charge is 2.28. The SMILES string of the molecule is O=C(CNc1ncnc2cc(Cl)c(Cl)cc12)N1CC[C@@H](NC2CCOCC2)C1. The van der Waals surface area contributed by atoms with E-state index in [1.54, 1.807) is 12.1 Å². The molecule has 2 N–H and O–H groups in total. The number of nitrogens with zero attached hydrogens (tertiary/aromatic N) is 3. The van der Waals surface area contributed by atoms with Crippen LogP contribution in [0.2, 0.25) is 10.0 Å². The number of carbonyl (C=O) groups excluding carboxylic acids is 1. The fraction of sp³-hybridized carbons (Fsp3) is 0.526. The molecule has 1 aromatic heterocycles. The summed E-state index contributed by atoms with van der Waals surface area (Å²) in [5.41, 5.74) is 0.682. The summed E-state index contributed by atoms with van der Waals surface area (Å²) in [7, 11) is 0. The number of fused-ring (bicyclic) bond motifs is 1. The average Bonchev–Trinajstić information content (AvgIpc) is 3.16. The fourth-order valence-corrected chi connectivity index (χ4v) is 4.11. The lowest BCUT2D eigenvalue weighted by Crippen LogP contribution is -2.44. The van der Waals surface area contributed by atoms with Crippen molar-refractivity contribution in [3.63, 3.8) is 0 Å². The van der Waals surface area contributed by atoms with Gasteiger partial charge in [0.15, 0.2) is 0 Å². The van der Waals surface area contributed by atoms with Crippen LogP contribution in [0.4, 0.5) is 5.82 Å². The van der Waals surface area contributed by atoms with Gasteiger partial charge in [0.25, 0.3) is 0 Å². The number of hydrogen-bond donors (Lipinski definition) is 2. The van der Waals surface area contributed by atoms with Gasteiger partial charge in [-0.25, -0.2) is 9.97 Å². The zero-order valence-electron chi connectivity index (χ0n) is 15.5. The molecule has 0 unspecified atom stereocenters. The molecule has 9 heteroatoms. The van der Waals surface area contributed by atoms with E-state index in [4.69, 9.17) is 27.9 Å². The van der Waals surface area contributed by atoms with Gasteiger partial charge in [-0.3, -0.25) is 4.79 Å². The maximum Gasteiger partial charge on any atom is 0.241 e. The first-order valence-corrected chi connectivity index (χ1v) is 10.3. The summed E-state index contributed by atoms with van der Waals surface area (Å²) in [6.07, 6.45) is 4.51. The number of rotatable bonds is 5. The number of aromatic nitrogens is 2. The van der Waals surface area contributed by atoms with Crippen LogP contribution in [0, 0.1) is 0 Å². The van der Waals surface area contributed by atoms with Crippen molar-refractivity contribution in [3.05, 3.63) is 28.5 Å². The lowest BCUT2D eigenvalue weighted by molar-refractivity contribution is -0.128. The van der Waals surface area contributed by atoms with Gasteiger partial charge in [0.1, 0.15) is 12.1 Å². The maximum absolute atomic E-state index is 12.6. The zero-order chi connectivity index (χ0) is 19.5. The molecular formula is C19H23Cl2N5O2. The predicted octanol–water partition coefficient (Wildman–Crippen LogP) is 2.72. The predicted molar refractivity (Wildman–Crippen MR) is 110 cm³/mol. The van der Waals surface area contributed by atoms with E-state index in [9.17, 15) is 4.79 Å². The highest BCUT2D eigenvalue weighted by atomic mass is 35.5. The van der Waals surface area contributed by atoms with Crippen LogP contribution >= 0.6 is 23.2 Å². The molecule has 2 aliphatic heterocycles. The molecule has 2 aliphatic rings. The Hall–Kier alpha value is -1.67. The summed E-state index contributed by atoms with van der Waals surface area (Å²) in [6, 6.07) is 4.26. The molecular weight excluding hydrogens is 401 g/mol. The monoisotopic (exact) mass is 423 g/mol. The molecule has 0 bridgehead atoms. The zero-order valence-corrected chi connectivity index (χ0v) is 17.0. The van der Waals surface area contributed by atoms with Gasteiger partial charge in [0, 0.05) is 43.8 Å². The van der Waals surface area contributed by atoms with Crippen molar-refractivity contribution in [2.24, 2.45) is 0 Å². The van der Waals surface area contributed by atoms with E-state index < -0.39 is 0 Å². The highest BCUT2D eigenvalue weighted by Crippen LogP contribution is 2.29. The van der Waals surface area contributed by atoms with E-state index in [0.29, 0.717) is 33.5 Å². The van der Waals surface area contributed by atoms with Crippen LogP contribution in [0.25, 0.3) is 10.9 Å². The summed E-state index contributed by atoms with van der Waals surface area (Å²) in [5, 5.41) is 8.41. The summed E-state index contributed by atoms with van der Waals surface area (Å²) in [5.74, 6) is 0.635. The maximum atomic E-state index is 12.6. The number of anilines is 1. The van der Waals surface area contributed by atoms with Gasteiger partial charge in [-0.05, 0) is 31.4 Å². The Morgan fingerprint density at radius 2 is 1.93 bits per heavy atom. The third-order valence-corrected chi connectivity index (χ3v) is 6.04. The summed E-state index contributed by atoms with van der Waals surface area (Å²) in [4.78, 5) is 23.0. The first-order chi connectivity index (χ1) is 13.6. The topological polar surface area (TPSA) is 79.4 Å². The molecule has 1 aromatic carbocycles. The van der Waals surface area contributed by atoms with Gasteiger partial charge in [-0.2, -0.15) is 0 Å². The molecule has 4 rings (SSSR count). The Balaban J connectivity index is 1.33. The Morgan fingerprint density at radius 3 is 2.75 bits per heavy atom. The number of benzene rings is 1. The standard InChI is InChI=1S/C19H23Cl2N5O2/c20-15-7-14-17(8-16(15)21)23-11-24-19(14)22-9-18(27)26-4-1-13(10-26)25-12-2-5-28-6-3-12/h7-8,11-13,25H,1-6,9-10H2,(H,22,23,24)/t13-/m1/s1. The Labute approximate surface area is 173 Å². The Bertz CT molecular complexity index is 860. The van der Waals surface area contributed by atoms with Crippen molar-refractivity contribution >= 4 is 45.8 Å². The molecule has 7 nitrogen and oxygen atoms in total. The van der Waals surface area contributed by atoms with E-state index >= 15 is 0 Å². The minimum absolute atomic E-state index is 0.0584. The van der Waals surface area contributed by atoms with E-state index in [2.05, 4.69) is 20.6 Å². The molecule has 2 saturated heterocycles. The van der Waals surface area contributed by atoms with Crippen LogP contribution in [0.3, 0.4) is 0 Å². The number of hydrogen-bond acceptors (Lipinski definition) is 6. The van der Waals surface area contributed by atoms with Crippen molar-refractivity contribution in [1.29, 1.82) is 0 Å². The number of nitrogens with one attached hydrogen (secondary N) is 2. The van der Waals surface area contributed by atoms with Gasteiger partial charge in [0.2, 0.25) is 5.91 Å². The third-order valence-electron chi connectivity index (χ3n) is 5.32. The second-order valence-electron chi connectivity index (χ2n) is 7.24. The van der Waals surface area contributed by atoms with E-state index in [1.807, 2.05) is 4.90 Å². The van der Waals surface area contributed by atoms with Gasteiger partial charge >= 0.3 is 0 Å². The molecule has 0 spiro atoms. The van der Waals surface area contributed by atoms with Crippen LogP contribution in [0.1, 0.15) is 19.3 Å². The summed E-state index contributed by atoms with van der Waals surface area (Å²) >= 11 is 12.2. The van der Waals surface area contributed by atoms with Gasteiger partial charge in [0.05, 0.1) is 22.1 Å². The van der Waals surface area contributed by atoms with Crippen molar-refractivity contribution in [1.82, 2.24) is 20.2 Å². The van der Waals surface area contributed by atoms with Gasteiger partial charge in [-0.15, -0.1) is 0 Å². The normalized spacial score (nSPS) is 20.6. The van der Waals surface area contributed by atoms with Crippen LogP contribution in [0.15, 0.2) is 18.5 Å². The fourth-order valence-electron chi connectivity index (χ4n) is 3.78. The van der Waals surface area contributed by atoms with E-state index in [1.165, 1.54) is 6.33 Å². The van der Waals surface area contributed by atoms with Crippen molar-refractivity contribution in [2.45, 2.75) is 31.3 Å². The summed E-state index contributed by atoms with van der Waals surface area (Å²) in [6.45, 7) is 3.33. The van der Waals surface area contributed by atoms with E-state index in [-0.39, 0.29) is 12.5 Å². The number of amides is 1. The van der Waals surface area contributed by atoms with Crippen LogP contribution in [-0.4, -0.2) is 65.7 Å². The second kappa shape index (κ2) is 8.78. The molecule has 0 saturated carbocycles. The van der Waals surface area contributed by atoms with Crippen LogP contribution < -0.4 is 10.6 Å². The lowest BCUT2D eigenvalue weighted by atomic mass is 10.1. The van der Waals surface area contributed by atoms with Crippen LogP contribution in [-0.2, 0) is 9.53 Å². The first kappa shape index (κ1) is 19.6. The second-order valence-corrected chi connectivity index (χ2v) is 8.05. The Kier molecular flexibility index (Phi) is 6.16. The van der Waals surface area contributed by atoms with Crippen molar-refractivity contribution in [2.75, 3.05) is 38.2 Å². The van der Waals surface area contributed by atoms with Gasteiger partial charge in [-0.1, -0.05) is 23.2 Å². The van der Waals surface area contributed by atoms with Crippen molar-refractivity contribution in [3.8, 4) is 0 Å².